The summed E-state index contributed by atoms with van der Waals surface area (Å²) in [5.74, 6) is 0.858. The second-order valence-corrected chi connectivity index (χ2v) is 7.96. The van der Waals surface area contributed by atoms with Crippen molar-refractivity contribution in [1.82, 2.24) is 10.6 Å². The first kappa shape index (κ1) is 15.8. The van der Waals surface area contributed by atoms with Gasteiger partial charge in [-0.15, -0.1) is 0 Å². The van der Waals surface area contributed by atoms with Crippen molar-refractivity contribution in [1.29, 1.82) is 0 Å². The highest BCUT2D eigenvalue weighted by molar-refractivity contribution is 5.78. The van der Waals surface area contributed by atoms with Crippen LogP contribution in [0.25, 0.3) is 0 Å². The Morgan fingerprint density at radius 3 is 2.45 bits per heavy atom. The van der Waals surface area contributed by atoms with Crippen LogP contribution < -0.4 is 10.6 Å². The van der Waals surface area contributed by atoms with E-state index in [0.29, 0.717) is 12.6 Å². The van der Waals surface area contributed by atoms with Gasteiger partial charge in [0.25, 0.3) is 0 Å². The smallest absolute Gasteiger partial charge is 0.233 e. The predicted molar refractivity (Wildman–Crippen MR) is 80.5 cm³/mol. The van der Waals surface area contributed by atoms with Crippen LogP contribution in [-0.2, 0) is 9.53 Å². The lowest BCUT2D eigenvalue weighted by Crippen LogP contribution is -2.63. The SMILES string of the molecule is CC(C)(C)OC1CC(NCC(=O)NCC2CC2)C1(C)C. The molecule has 0 aliphatic heterocycles. The Hall–Kier alpha value is -0.610. The van der Waals surface area contributed by atoms with Crippen LogP contribution >= 0.6 is 0 Å². The van der Waals surface area contributed by atoms with Crippen LogP contribution in [0.15, 0.2) is 0 Å². The van der Waals surface area contributed by atoms with Crippen molar-refractivity contribution >= 4 is 5.91 Å². The van der Waals surface area contributed by atoms with Gasteiger partial charge in [0.05, 0.1) is 18.2 Å². The quantitative estimate of drug-likeness (QED) is 0.784. The number of carbonyl (C=O) groups is 1. The standard InChI is InChI=1S/C16H30N2O2/c1-15(2,3)20-13-8-12(16(13,4)5)17-10-14(19)18-9-11-6-7-11/h11-13,17H,6-10H2,1-5H3,(H,18,19). The molecule has 4 heteroatoms. The summed E-state index contributed by atoms with van der Waals surface area (Å²) >= 11 is 0. The van der Waals surface area contributed by atoms with Gasteiger partial charge in [-0.2, -0.15) is 0 Å². The molecule has 0 radical (unpaired) electrons. The minimum absolute atomic E-state index is 0.0874. The molecule has 2 N–H and O–H groups in total. The second-order valence-electron chi connectivity index (χ2n) is 7.96. The molecule has 0 aromatic rings. The third-order valence-corrected chi connectivity index (χ3v) is 4.47. The van der Waals surface area contributed by atoms with E-state index >= 15 is 0 Å². The molecule has 116 valence electrons. The maximum Gasteiger partial charge on any atom is 0.233 e. The van der Waals surface area contributed by atoms with Gasteiger partial charge in [-0.25, -0.2) is 0 Å². The van der Waals surface area contributed by atoms with Gasteiger partial charge in [-0.1, -0.05) is 13.8 Å². The van der Waals surface area contributed by atoms with Crippen molar-refractivity contribution in [3.8, 4) is 0 Å². The van der Waals surface area contributed by atoms with Gasteiger partial charge < -0.3 is 15.4 Å². The lowest BCUT2D eigenvalue weighted by molar-refractivity contribution is -0.173. The molecule has 2 saturated carbocycles. The molecule has 2 aliphatic carbocycles. The molecule has 0 spiro atoms. The molecule has 4 nitrogen and oxygen atoms in total. The van der Waals surface area contributed by atoms with Crippen molar-refractivity contribution in [3.63, 3.8) is 0 Å². The molecule has 0 aromatic heterocycles. The molecule has 20 heavy (non-hydrogen) atoms. The van der Waals surface area contributed by atoms with Crippen LogP contribution in [0, 0.1) is 11.3 Å². The van der Waals surface area contributed by atoms with Crippen LogP contribution in [0.1, 0.15) is 53.9 Å². The zero-order valence-corrected chi connectivity index (χ0v) is 13.6. The summed E-state index contributed by atoms with van der Waals surface area (Å²) in [5, 5.41) is 6.37. The maximum atomic E-state index is 11.7. The van der Waals surface area contributed by atoms with Gasteiger partial charge in [-0.3, -0.25) is 4.79 Å². The summed E-state index contributed by atoms with van der Waals surface area (Å²) in [6.07, 6.45) is 3.80. The minimum Gasteiger partial charge on any atom is -0.372 e. The average molecular weight is 282 g/mol. The molecule has 1 amide bonds. The molecule has 2 fully saturated rings. The highest BCUT2D eigenvalue weighted by Gasteiger charge is 2.50. The van der Waals surface area contributed by atoms with E-state index in [0.717, 1.165) is 18.9 Å². The molecule has 2 atom stereocenters. The lowest BCUT2D eigenvalue weighted by Gasteiger charge is -2.53. The first-order valence-electron chi connectivity index (χ1n) is 7.86. The predicted octanol–water partition coefficient (Wildman–Crippen LogP) is 2.08. The van der Waals surface area contributed by atoms with Gasteiger partial charge in [0.15, 0.2) is 0 Å². The van der Waals surface area contributed by atoms with Gasteiger partial charge in [0, 0.05) is 18.0 Å². The normalized spacial score (nSPS) is 28.9. The van der Waals surface area contributed by atoms with E-state index in [1.807, 2.05) is 0 Å². The van der Waals surface area contributed by atoms with Gasteiger partial charge in [-0.05, 0) is 46.0 Å². The number of hydrogen-bond donors (Lipinski definition) is 2. The summed E-state index contributed by atoms with van der Waals surface area (Å²) in [4.78, 5) is 11.7. The summed E-state index contributed by atoms with van der Waals surface area (Å²) < 4.78 is 6.07. The fraction of sp³-hybridized carbons (Fsp3) is 0.938. The molecule has 0 heterocycles. The van der Waals surface area contributed by atoms with Crippen molar-refractivity contribution in [3.05, 3.63) is 0 Å². The van der Waals surface area contributed by atoms with Crippen LogP contribution in [0.3, 0.4) is 0 Å². The summed E-state index contributed by atoms with van der Waals surface area (Å²) in [6, 6.07) is 0.363. The number of carbonyl (C=O) groups excluding carboxylic acids is 1. The van der Waals surface area contributed by atoms with E-state index in [9.17, 15) is 4.79 Å². The second kappa shape index (κ2) is 5.64. The minimum atomic E-state index is -0.103. The van der Waals surface area contributed by atoms with E-state index in [4.69, 9.17) is 4.74 Å². The van der Waals surface area contributed by atoms with Crippen LogP contribution in [0.5, 0.6) is 0 Å². The number of hydrogen-bond acceptors (Lipinski definition) is 3. The molecule has 0 bridgehead atoms. The number of rotatable bonds is 6. The van der Waals surface area contributed by atoms with E-state index in [2.05, 4.69) is 45.3 Å². The fourth-order valence-corrected chi connectivity index (χ4v) is 2.72. The van der Waals surface area contributed by atoms with Gasteiger partial charge >= 0.3 is 0 Å². The number of amides is 1. The zero-order chi connectivity index (χ0) is 15.0. The Morgan fingerprint density at radius 2 is 1.95 bits per heavy atom. The Labute approximate surface area is 123 Å². The highest BCUT2D eigenvalue weighted by Crippen LogP contribution is 2.44. The zero-order valence-electron chi connectivity index (χ0n) is 13.6. The molecular weight excluding hydrogens is 252 g/mol. The number of ether oxygens (including phenoxy) is 1. The van der Waals surface area contributed by atoms with E-state index < -0.39 is 0 Å². The summed E-state index contributed by atoms with van der Waals surface area (Å²) in [5.41, 5.74) is -0.0153. The molecular formula is C16H30N2O2. The average Bonchev–Trinajstić information content (AvgIpc) is 3.12. The summed E-state index contributed by atoms with van der Waals surface area (Å²) in [6.45, 7) is 12.0. The van der Waals surface area contributed by atoms with Crippen molar-refractivity contribution < 1.29 is 9.53 Å². The lowest BCUT2D eigenvalue weighted by atomic mass is 9.64. The molecule has 2 unspecified atom stereocenters. The van der Waals surface area contributed by atoms with E-state index in [1.165, 1.54) is 12.8 Å². The molecule has 0 aromatic carbocycles. The summed E-state index contributed by atoms with van der Waals surface area (Å²) in [7, 11) is 0. The number of nitrogens with one attached hydrogen (secondary N) is 2. The third-order valence-electron chi connectivity index (χ3n) is 4.47. The molecule has 0 saturated heterocycles. The first-order chi connectivity index (χ1) is 9.18. The third kappa shape index (κ3) is 4.19. The Bertz CT molecular complexity index is 356. The van der Waals surface area contributed by atoms with Crippen LogP contribution in [0.4, 0.5) is 0 Å². The monoisotopic (exact) mass is 282 g/mol. The molecule has 2 aliphatic rings. The van der Waals surface area contributed by atoms with Crippen molar-refractivity contribution in [2.75, 3.05) is 13.1 Å². The van der Waals surface area contributed by atoms with Crippen molar-refractivity contribution in [2.24, 2.45) is 11.3 Å². The Kier molecular flexibility index (Phi) is 4.45. The Morgan fingerprint density at radius 1 is 1.30 bits per heavy atom. The van der Waals surface area contributed by atoms with E-state index in [1.54, 1.807) is 0 Å². The van der Waals surface area contributed by atoms with Crippen LogP contribution in [-0.4, -0.2) is 36.7 Å². The molecule has 2 rings (SSSR count). The van der Waals surface area contributed by atoms with E-state index in [-0.39, 0.29) is 23.0 Å². The van der Waals surface area contributed by atoms with Crippen LogP contribution in [0.2, 0.25) is 0 Å². The highest BCUT2D eigenvalue weighted by atomic mass is 16.5. The largest absolute Gasteiger partial charge is 0.372 e. The topological polar surface area (TPSA) is 50.4 Å². The van der Waals surface area contributed by atoms with Gasteiger partial charge in [0.2, 0.25) is 5.91 Å². The fourth-order valence-electron chi connectivity index (χ4n) is 2.72. The van der Waals surface area contributed by atoms with Crippen molar-refractivity contribution in [2.45, 2.75) is 71.6 Å². The maximum absolute atomic E-state index is 11.7. The first-order valence-corrected chi connectivity index (χ1v) is 7.86. The van der Waals surface area contributed by atoms with Gasteiger partial charge in [0.1, 0.15) is 0 Å². The Balaban J connectivity index is 1.68.